The van der Waals surface area contributed by atoms with Crippen LogP contribution in [-0.4, -0.2) is 51.0 Å². The van der Waals surface area contributed by atoms with Crippen molar-refractivity contribution in [1.82, 2.24) is 9.62 Å². The van der Waals surface area contributed by atoms with Crippen molar-refractivity contribution in [3.8, 4) is 0 Å². The van der Waals surface area contributed by atoms with Crippen LogP contribution in [0.3, 0.4) is 0 Å². The summed E-state index contributed by atoms with van der Waals surface area (Å²) < 4.78 is 33.0. The molecule has 0 aromatic heterocycles. The maximum atomic E-state index is 12.3. The van der Waals surface area contributed by atoms with Gasteiger partial charge >= 0.3 is 0 Å². The molecule has 0 amide bonds. The number of nitrogens with one attached hydrogen (secondary N) is 1. The van der Waals surface area contributed by atoms with E-state index in [9.17, 15) is 18.5 Å². The molecular formula is C19H23N3O5S. The summed E-state index contributed by atoms with van der Waals surface area (Å²) in [6.07, 6.45) is 0.694. The Bertz CT molecular complexity index is 888. The van der Waals surface area contributed by atoms with Crippen molar-refractivity contribution >= 4 is 15.7 Å². The molecule has 2 aromatic carbocycles. The number of hydrogen-bond donors (Lipinski definition) is 1. The third-order valence-corrected chi connectivity index (χ3v) is 6.10. The monoisotopic (exact) mass is 405 g/mol. The van der Waals surface area contributed by atoms with E-state index in [0.29, 0.717) is 19.6 Å². The minimum Gasteiger partial charge on any atom is -0.371 e. The molecule has 150 valence electrons. The van der Waals surface area contributed by atoms with E-state index in [1.165, 1.54) is 24.3 Å². The second kappa shape index (κ2) is 9.24. The zero-order valence-corrected chi connectivity index (χ0v) is 16.2. The molecule has 0 saturated carbocycles. The Morgan fingerprint density at radius 2 is 1.86 bits per heavy atom. The fraction of sp³-hybridized carbons (Fsp3) is 0.368. The summed E-state index contributed by atoms with van der Waals surface area (Å²) in [5.74, 6) is 0. The SMILES string of the molecule is O=[N+]([O-])c1ccc(S(=O)(=O)NCCCN2CCOC(c3ccccc3)C2)cc1. The Labute approximate surface area is 164 Å². The molecule has 2 aromatic rings. The molecule has 1 N–H and O–H groups in total. The minimum atomic E-state index is -3.68. The zero-order chi connectivity index (χ0) is 20.0. The number of non-ortho nitro benzene ring substituents is 1. The molecule has 9 heteroatoms. The van der Waals surface area contributed by atoms with E-state index < -0.39 is 14.9 Å². The summed E-state index contributed by atoms with van der Waals surface area (Å²) in [5.41, 5.74) is 1.00. The van der Waals surface area contributed by atoms with E-state index in [2.05, 4.69) is 9.62 Å². The molecule has 1 heterocycles. The molecule has 3 rings (SSSR count). The van der Waals surface area contributed by atoms with Gasteiger partial charge in [0, 0.05) is 31.8 Å². The number of nitro benzene ring substituents is 1. The second-order valence-electron chi connectivity index (χ2n) is 6.57. The van der Waals surface area contributed by atoms with E-state index in [4.69, 9.17) is 4.74 Å². The van der Waals surface area contributed by atoms with Gasteiger partial charge in [0.2, 0.25) is 10.0 Å². The fourth-order valence-corrected chi connectivity index (χ4v) is 4.19. The van der Waals surface area contributed by atoms with Crippen LogP contribution < -0.4 is 4.72 Å². The summed E-state index contributed by atoms with van der Waals surface area (Å²) in [6, 6.07) is 14.9. The van der Waals surface area contributed by atoms with Crippen LogP contribution in [-0.2, 0) is 14.8 Å². The van der Waals surface area contributed by atoms with Crippen molar-refractivity contribution in [1.29, 1.82) is 0 Å². The van der Waals surface area contributed by atoms with E-state index >= 15 is 0 Å². The van der Waals surface area contributed by atoms with E-state index in [1.807, 2.05) is 30.3 Å². The lowest BCUT2D eigenvalue weighted by Gasteiger charge is -2.33. The molecule has 1 fully saturated rings. The number of benzene rings is 2. The van der Waals surface area contributed by atoms with E-state index in [1.54, 1.807) is 0 Å². The molecule has 0 radical (unpaired) electrons. The molecule has 1 saturated heterocycles. The van der Waals surface area contributed by atoms with Gasteiger partial charge in [0.1, 0.15) is 0 Å². The van der Waals surface area contributed by atoms with Crippen molar-refractivity contribution in [3.05, 3.63) is 70.3 Å². The van der Waals surface area contributed by atoms with Gasteiger partial charge in [-0.05, 0) is 30.7 Å². The topological polar surface area (TPSA) is 102 Å². The number of hydrogen-bond acceptors (Lipinski definition) is 6. The Morgan fingerprint density at radius 3 is 2.54 bits per heavy atom. The van der Waals surface area contributed by atoms with Crippen LogP contribution in [0.25, 0.3) is 0 Å². The smallest absolute Gasteiger partial charge is 0.269 e. The standard InChI is InChI=1S/C19H23N3O5S/c23-22(24)17-7-9-18(10-8-17)28(25,26)20-11-4-12-21-13-14-27-19(15-21)16-5-2-1-3-6-16/h1-3,5-10,19-20H,4,11-15H2. The van der Waals surface area contributed by atoms with Gasteiger partial charge in [-0.3, -0.25) is 15.0 Å². The van der Waals surface area contributed by atoms with Gasteiger partial charge in [-0.2, -0.15) is 0 Å². The van der Waals surface area contributed by atoms with Crippen LogP contribution in [0.15, 0.2) is 59.5 Å². The first-order chi connectivity index (χ1) is 13.5. The van der Waals surface area contributed by atoms with Crippen molar-refractivity contribution in [2.75, 3.05) is 32.8 Å². The molecule has 8 nitrogen and oxygen atoms in total. The highest BCUT2D eigenvalue weighted by Crippen LogP contribution is 2.22. The van der Waals surface area contributed by atoms with Gasteiger partial charge in [0.25, 0.3) is 5.69 Å². The second-order valence-corrected chi connectivity index (χ2v) is 8.34. The molecule has 1 aliphatic heterocycles. The first kappa shape index (κ1) is 20.4. The largest absolute Gasteiger partial charge is 0.371 e. The van der Waals surface area contributed by atoms with Crippen LogP contribution >= 0.6 is 0 Å². The van der Waals surface area contributed by atoms with Crippen LogP contribution in [0.5, 0.6) is 0 Å². The number of ether oxygens (including phenoxy) is 1. The minimum absolute atomic E-state index is 0.0219. The van der Waals surface area contributed by atoms with Crippen LogP contribution in [0.4, 0.5) is 5.69 Å². The van der Waals surface area contributed by atoms with Crippen molar-refractivity contribution < 1.29 is 18.1 Å². The first-order valence-electron chi connectivity index (χ1n) is 9.09. The highest BCUT2D eigenvalue weighted by atomic mass is 32.2. The van der Waals surface area contributed by atoms with Gasteiger partial charge in [-0.15, -0.1) is 0 Å². The number of morpholine rings is 1. The first-order valence-corrected chi connectivity index (χ1v) is 10.6. The van der Waals surface area contributed by atoms with Crippen LogP contribution in [0.2, 0.25) is 0 Å². The molecule has 1 aliphatic rings. The Balaban J connectivity index is 1.46. The summed E-state index contributed by atoms with van der Waals surface area (Å²) in [5, 5.41) is 10.7. The van der Waals surface area contributed by atoms with Crippen molar-refractivity contribution in [2.45, 2.75) is 17.4 Å². The lowest BCUT2D eigenvalue weighted by molar-refractivity contribution is -0.384. The van der Waals surface area contributed by atoms with Gasteiger partial charge in [-0.25, -0.2) is 13.1 Å². The molecule has 1 atom stereocenters. The van der Waals surface area contributed by atoms with Gasteiger partial charge in [0.05, 0.1) is 22.5 Å². The predicted octanol–water partition coefficient (Wildman–Crippen LogP) is 2.34. The predicted molar refractivity (Wildman–Crippen MR) is 104 cm³/mol. The maximum Gasteiger partial charge on any atom is 0.269 e. The lowest BCUT2D eigenvalue weighted by atomic mass is 10.1. The maximum absolute atomic E-state index is 12.3. The Hall–Kier alpha value is -2.33. The van der Waals surface area contributed by atoms with Gasteiger partial charge in [-0.1, -0.05) is 30.3 Å². The quantitative estimate of drug-likeness (QED) is 0.411. The average molecular weight is 405 g/mol. The third-order valence-electron chi connectivity index (χ3n) is 4.62. The number of nitrogens with zero attached hydrogens (tertiary/aromatic N) is 2. The third kappa shape index (κ3) is 5.35. The summed E-state index contributed by atoms with van der Waals surface area (Å²) in [4.78, 5) is 12.4. The number of nitro groups is 1. The molecule has 0 bridgehead atoms. The van der Waals surface area contributed by atoms with Crippen molar-refractivity contribution in [3.63, 3.8) is 0 Å². The van der Waals surface area contributed by atoms with E-state index in [-0.39, 0.29) is 16.7 Å². The van der Waals surface area contributed by atoms with Gasteiger partial charge < -0.3 is 4.74 Å². The van der Waals surface area contributed by atoms with E-state index in [0.717, 1.165) is 25.2 Å². The molecule has 28 heavy (non-hydrogen) atoms. The molecule has 1 unspecified atom stereocenters. The average Bonchev–Trinajstić information content (AvgIpc) is 2.72. The summed E-state index contributed by atoms with van der Waals surface area (Å²) in [7, 11) is -3.68. The van der Waals surface area contributed by atoms with Crippen LogP contribution in [0, 0.1) is 10.1 Å². The number of rotatable bonds is 8. The lowest BCUT2D eigenvalue weighted by Crippen LogP contribution is -2.39. The molecule has 0 aliphatic carbocycles. The van der Waals surface area contributed by atoms with Crippen LogP contribution in [0.1, 0.15) is 18.1 Å². The highest BCUT2D eigenvalue weighted by molar-refractivity contribution is 7.89. The fourth-order valence-electron chi connectivity index (χ4n) is 3.11. The molecular weight excluding hydrogens is 382 g/mol. The summed E-state index contributed by atoms with van der Waals surface area (Å²) in [6.45, 7) is 3.30. The zero-order valence-electron chi connectivity index (χ0n) is 15.4. The number of sulfonamides is 1. The Morgan fingerprint density at radius 1 is 1.14 bits per heavy atom. The molecule has 0 spiro atoms. The summed E-state index contributed by atoms with van der Waals surface area (Å²) >= 11 is 0. The normalized spacial score (nSPS) is 18.1. The Kier molecular flexibility index (Phi) is 6.74. The highest BCUT2D eigenvalue weighted by Gasteiger charge is 2.21. The van der Waals surface area contributed by atoms with Gasteiger partial charge in [0.15, 0.2) is 0 Å². The van der Waals surface area contributed by atoms with Crippen molar-refractivity contribution in [2.24, 2.45) is 0 Å².